The fourth-order valence-corrected chi connectivity index (χ4v) is 1.19. The Morgan fingerprint density at radius 2 is 2.07 bits per heavy atom. The van der Waals surface area contributed by atoms with E-state index in [9.17, 15) is 10.0 Å². The summed E-state index contributed by atoms with van der Waals surface area (Å²) >= 11 is 0. The fraction of sp³-hybridized carbons (Fsp3) is 0. The van der Waals surface area contributed by atoms with Crippen molar-refractivity contribution in [2.75, 3.05) is 0 Å². The van der Waals surface area contributed by atoms with Crippen LogP contribution < -0.4 is 0 Å². The molecule has 0 aliphatic carbocycles. The number of dihydropyridines is 1. The predicted molar refractivity (Wildman–Crippen MR) is 51.6 cm³/mol. The number of carbonyl (C=O) groups excluding carboxylic acids is 1. The van der Waals surface area contributed by atoms with Crippen molar-refractivity contribution in [2.24, 2.45) is 4.99 Å². The van der Waals surface area contributed by atoms with Crippen LogP contribution in [0.15, 0.2) is 52.8 Å². The lowest BCUT2D eigenvalue weighted by molar-refractivity contribution is -0.113. The third-order valence-electron chi connectivity index (χ3n) is 1.87. The summed E-state index contributed by atoms with van der Waals surface area (Å²) in [6.45, 7) is 0. The van der Waals surface area contributed by atoms with Gasteiger partial charge >= 0.3 is 0 Å². The van der Waals surface area contributed by atoms with Gasteiger partial charge in [-0.3, -0.25) is 10.0 Å². The van der Waals surface area contributed by atoms with Crippen molar-refractivity contribution in [3.8, 4) is 0 Å². The highest BCUT2D eigenvalue weighted by molar-refractivity contribution is 6.03. The zero-order chi connectivity index (χ0) is 9.97. The second-order valence-corrected chi connectivity index (χ2v) is 2.82. The molecule has 70 valence electrons. The lowest BCUT2D eigenvalue weighted by Crippen LogP contribution is -2.14. The van der Waals surface area contributed by atoms with Crippen LogP contribution >= 0.6 is 0 Å². The summed E-state index contributed by atoms with van der Waals surface area (Å²) in [5.41, 5.74) is 1.30. The van der Waals surface area contributed by atoms with E-state index in [4.69, 9.17) is 0 Å². The SMILES string of the molecule is O=C1C=C/C(=C2\C=CC=CN2O)C=N1. The van der Waals surface area contributed by atoms with Crippen molar-refractivity contribution in [3.63, 3.8) is 0 Å². The lowest BCUT2D eigenvalue weighted by atomic mass is 10.1. The van der Waals surface area contributed by atoms with Gasteiger partial charge in [-0.25, -0.2) is 10.1 Å². The summed E-state index contributed by atoms with van der Waals surface area (Å²) in [5.74, 6) is -0.283. The largest absolute Gasteiger partial charge is 0.284 e. The average molecular weight is 188 g/mol. The highest BCUT2D eigenvalue weighted by Gasteiger charge is 2.10. The first-order valence-corrected chi connectivity index (χ1v) is 4.11. The Hall–Kier alpha value is -1.94. The standard InChI is InChI=1S/C10H8N2O2/c13-10-5-4-8(7-11-10)9-3-1-2-6-12(9)14/h1-7,14H/b9-8-. The van der Waals surface area contributed by atoms with Crippen molar-refractivity contribution >= 4 is 12.1 Å². The minimum absolute atomic E-state index is 0.283. The molecule has 2 rings (SSSR count). The van der Waals surface area contributed by atoms with Gasteiger partial charge in [0.25, 0.3) is 5.91 Å². The molecule has 14 heavy (non-hydrogen) atoms. The molecule has 0 saturated carbocycles. The number of allylic oxidation sites excluding steroid dienone is 5. The van der Waals surface area contributed by atoms with Gasteiger partial charge in [-0.05, 0) is 18.2 Å². The van der Waals surface area contributed by atoms with Gasteiger partial charge in [0.15, 0.2) is 0 Å². The first-order valence-electron chi connectivity index (χ1n) is 4.11. The molecule has 4 nitrogen and oxygen atoms in total. The molecule has 2 aliphatic rings. The molecule has 0 aromatic heterocycles. The second-order valence-electron chi connectivity index (χ2n) is 2.82. The Labute approximate surface area is 80.8 Å². The minimum Gasteiger partial charge on any atom is -0.284 e. The maximum absolute atomic E-state index is 10.8. The summed E-state index contributed by atoms with van der Waals surface area (Å²) in [6, 6.07) is 0. The quantitative estimate of drug-likeness (QED) is 0.621. The van der Waals surface area contributed by atoms with Crippen LogP contribution in [0, 0.1) is 0 Å². The number of nitrogens with zero attached hydrogens (tertiary/aromatic N) is 2. The number of hydrogen-bond donors (Lipinski definition) is 1. The molecular weight excluding hydrogens is 180 g/mol. The molecule has 2 aliphatic heterocycles. The van der Waals surface area contributed by atoms with Crippen LogP contribution in [-0.2, 0) is 4.79 Å². The smallest absolute Gasteiger partial charge is 0.269 e. The van der Waals surface area contributed by atoms with Crippen LogP contribution in [0.5, 0.6) is 0 Å². The summed E-state index contributed by atoms with van der Waals surface area (Å²) < 4.78 is 0. The molecule has 1 N–H and O–H groups in total. The maximum atomic E-state index is 10.8. The lowest BCUT2D eigenvalue weighted by Gasteiger charge is -2.17. The van der Waals surface area contributed by atoms with Crippen molar-refractivity contribution in [1.82, 2.24) is 5.06 Å². The van der Waals surface area contributed by atoms with Crippen LogP contribution in [0.25, 0.3) is 0 Å². The number of aliphatic imine (C=N–C) groups is 1. The summed E-state index contributed by atoms with van der Waals surface area (Å²) in [5, 5.41) is 10.4. The average Bonchev–Trinajstić information content (AvgIpc) is 2.20. The van der Waals surface area contributed by atoms with E-state index in [2.05, 4.69) is 4.99 Å². The van der Waals surface area contributed by atoms with Crippen molar-refractivity contribution < 1.29 is 10.0 Å². The van der Waals surface area contributed by atoms with Gasteiger partial charge < -0.3 is 0 Å². The summed E-state index contributed by atoms with van der Waals surface area (Å²) in [7, 11) is 0. The Kier molecular flexibility index (Phi) is 2.12. The number of rotatable bonds is 0. The van der Waals surface area contributed by atoms with Gasteiger partial charge in [0.1, 0.15) is 0 Å². The van der Waals surface area contributed by atoms with Crippen LogP contribution in [0.1, 0.15) is 0 Å². The Bertz CT molecular complexity index is 396. The highest BCUT2D eigenvalue weighted by atomic mass is 16.5. The van der Waals surface area contributed by atoms with Crippen molar-refractivity contribution in [1.29, 1.82) is 0 Å². The molecule has 0 aromatic rings. The number of amides is 1. The first-order chi connectivity index (χ1) is 6.77. The fourth-order valence-electron chi connectivity index (χ4n) is 1.19. The monoisotopic (exact) mass is 188 g/mol. The van der Waals surface area contributed by atoms with E-state index < -0.39 is 0 Å². The molecule has 0 radical (unpaired) electrons. The zero-order valence-electron chi connectivity index (χ0n) is 7.29. The van der Waals surface area contributed by atoms with Crippen molar-refractivity contribution in [2.45, 2.75) is 0 Å². The Morgan fingerprint density at radius 1 is 1.21 bits per heavy atom. The van der Waals surface area contributed by atoms with E-state index in [1.807, 2.05) is 0 Å². The molecule has 0 atom stereocenters. The zero-order valence-corrected chi connectivity index (χ0v) is 7.29. The molecule has 4 heteroatoms. The normalized spacial score (nSPS) is 24.9. The van der Waals surface area contributed by atoms with E-state index in [-0.39, 0.29) is 5.91 Å². The predicted octanol–water partition coefficient (Wildman–Crippen LogP) is 1.18. The molecule has 0 spiro atoms. The number of hydroxylamine groups is 2. The summed E-state index contributed by atoms with van der Waals surface area (Å²) in [4.78, 5) is 14.4. The van der Waals surface area contributed by atoms with E-state index in [1.165, 1.54) is 18.5 Å². The van der Waals surface area contributed by atoms with Crippen LogP contribution in [0.3, 0.4) is 0 Å². The molecule has 0 unspecified atom stereocenters. The molecule has 0 fully saturated rings. The van der Waals surface area contributed by atoms with E-state index in [0.717, 1.165) is 5.06 Å². The van der Waals surface area contributed by atoms with Gasteiger partial charge in [-0.15, -0.1) is 0 Å². The van der Waals surface area contributed by atoms with Crippen LogP contribution in [-0.4, -0.2) is 22.4 Å². The number of hydrogen-bond acceptors (Lipinski definition) is 3. The van der Waals surface area contributed by atoms with Gasteiger partial charge in [0.2, 0.25) is 0 Å². The van der Waals surface area contributed by atoms with Crippen molar-refractivity contribution in [3.05, 3.63) is 47.9 Å². The molecular formula is C10H8N2O2. The van der Waals surface area contributed by atoms with E-state index in [1.54, 1.807) is 24.3 Å². The maximum Gasteiger partial charge on any atom is 0.269 e. The topological polar surface area (TPSA) is 52.9 Å². The van der Waals surface area contributed by atoms with E-state index in [0.29, 0.717) is 11.3 Å². The molecule has 2 heterocycles. The first kappa shape index (κ1) is 8.65. The Morgan fingerprint density at radius 3 is 2.71 bits per heavy atom. The van der Waals surface area contributed by atoms with Crippen LogP contribution in [0.2, 0.25) is 0 Å². The highest BCUT2D eigenvalue weighted by Crippen LogP contribution is 2.16. The minimum atomic E-state index is -0.283. The molecule has 0 aromatic carbocycles. The molecule has 0 bridgehead atoms. The van der Waals surface area contributed by atoms with Gasteiger partial charge in [0, 0.05) is 24.1 Å². The van der Waals surface area contributed by atoms with Crippen LogP contribution in [0.4, 0.5) is 0 Å². The molecule has 1 amide bonds. The van der Waals surface area contributed by atoms with Gasteiger partial charge in [-0.1, -0.05) is 6.08 Å². The van der Waals surface area contributed by atoms with Gasteiger partial charge in [0.05, 0.1) is 5.70 Å². The van der Waals surface area contributed by atoms with E-state index >= 15 is 0 Å². The summed E-state index contributed by atoms with van der Waals surface area (Å²) in [6.07, 6.45) is 11.2. The number of carbonyl (C=O) groups is 1. The Balaban J connectivity index is 2.37. The molecule has 0 saturated heterocycles. The second kappa shape index (κ2) is 3.43. The third kappa shape index (κ3) is 1.55. The third-order valence-corrected chi connectivity index (χ3v) is 1.87. The van der Waals surface area contributed by atoms with Gasteiger partial charge in [-0.2, -0.15) is 0 Å².